The van der Waals surface area contributed by atoms with Crippen LogP contribution in [0.2, 0.25) is 0 Å². The third kappa shape index (κ3) is 4.91. The van der Waals surface area contributed by atoms with E-state index in [0.29, 0.717) is 6.04 Å². The molecule has 1 aromatic heterocycles. The molecule has 0 amide bonds. The molecule has 2 atom stereocenters. The fourth-order valence-electron chi connectivity index (χ4n) is 2.46. The highest BCUT2D eigenvalue weighted by molar-refractivity contribution is 5.12. The standard InChI is InChI=1S/C16H31N3O/c1-6-10-17-16(13(5)20-9-4)12-15-11-14(7-2)18-19(15)8-3/h11,13,16-17H,6-10,12H2,1-5H3. The van der Waals surface area contributed by atoms with Crippen LogP contribution in [0, 0.1) is 0 Å². The number of hydrogen-bond donors (Lipinski definition) is 1. The van der Waals surface area contributed by atoms with E-state index in [1.807, 2.05) is 0 Å². The maximum absolute atomic E-state index is 5.79. The molecule has 0 aliphatic rings. The molecule has 4 nitrogen and oxygen atoms in total. The largest absolute Gasteiger partial charge is 0.377 e. The molecule has 20 heavy (non-hydrogen) atoms. The highest BCUT2D eigenvalue weighted by Gasteiger charge is 2.19. The molecular weight excluding hydrogens is 250 g/mol. The number of aryl methyl sites for hydroxylation is 2. The number of nitrogens with zero attached hydrogens (tertiary/aromatic N) is 2. The minimum atomic E-state index is 0.219. The minimum absolute atomic E-state index is 0.219. The van der Waals surface area contributed by atoms with Crippen LogP contribution in [0.1, 0.15) is 52.4 Å². The Morgan fingerprint density at radius 3 is 2.60 bits per heavy atom. The summed E-state index contributed by atoms with van der Waals surface area (Å²) in [5, 5.41) is 8.25. The smallest absolute Gasteiger partial charge is 0.0703 e. The molecule has 4 heteroatoms. The van der Waals surface area contributed by atoms with Crippen LogP contribution >= 0.6 is 0 Å². The zero-order chi connectivity index (χ0) is 15.0. The van der Waals surface area contributed by atoms with E-state index >= 15 is 0 Å². The predicted octanol–water partition coefficient (Wildman–Crippen LogP) is 2.80. The number of rotatable bonds is 10. The fourth-order valence-corrected chi connectivity index (χ4v) is 2.46. The van der Waals surface area contributed by atoms with Crippen molar-refractivity contribution in [3.05, 3.63) is 17.5 Å². The minimum Gasteiger partial charge on any atom is -0.377 e. The first kappa shape index (κ1) is 17.2. The van der Waals surface area contributed by atoms with Crippen LogP contribution in [0.3, 0.4) is 0 Å². The van der Waals surface area contributed by atoms with Gasteiger partial charge in [0.25, 0.3) is 0 Å². The molecule has 116 valence electrons. The summed E-state index contributed by atoms with van der Waals surface area (Å²) >= 11 is 0. The van der Waals surface area contributed by atoms with Crippen molar-refractivity contribution in [1.29, 1.82) is 0 Å². The lowest BCUT2D eigenvalue weighted by atomic mass is 10.1. The molecule has 0 fully saturated rings. The van der Waals surface area contributed by atoms with E-state index in [9.17, 15) is 0 Å². The Kier molecular flexibility index (Phi) is 7.85. The zero-order valence-electron chi connectivity index (χ0n) is 13.8. The van der Waals surface area contributed by atoms with E-state index < -0.39 is 0 Å². The molecule has 0 saturated heterocycles. The molecule has 1 aromatic rings. The maximum Gasteiger partial charge on any atom is 0.0703 e. The molecule has 0 aliphatic heterocycles. The first-order chi connectivity index (χ1) is 9.65. The van der Waals surface area contributed by atoms with Gasteiger partial charge in [0.1, 0.15) is 0 Å². The molecule has 2 unspecified atom stereocenters. The van der Waals surface area contributed by atoms with Crippen molar-refractivity contribution in [2.75, 3.05) is 13.2 Å². The Balaban J connectivity index is 2.79. The second kappa shape index (κ2) is 9.14. The number of nitrogens with one attached hydrogen (secondary N) is 1. The summed E-state index contributed by atoms with van der Waals surface area (Å²) in [7, 11) is 0. The van der Waals surface area contributed by atoms with Gasteiger partial charge in [-0.1, -0.05) is 13.8 Å². The van der Waals surface area contributed by atoms with Crippen LogP contribution in [0.4, 0.5) is 0 Å². The third-order valence-electron chi connectivity index (χ3n) is 3.66. The van der Waals surface area contributed by atoms with Crippen molar-refractivity contribution in [3.8, 4) is 0 Å². The molecule has 0 radical (unpaired) electrons. The van der Waals surface area contributed by atoms with Gasteiger partial charge in [0.05, 0.1) is 11.8 Å². The van der Waals surface area contributed by atoms with Crippen molar-refractivity contribution < 1.29 is 4.74 Å². The van der Waals surface area contributed by atoms with E-state index in [1.54, 1.807) is 0 Å². The first-order valence-corrected chi connectivity index (χ1v) is 8.06. The van der Waals surface area contributed by atoms with Crippen LogP contribution < -0.4 is 5.32 Å². The van der Waals surface area contributed by atoms with Gasteiger partial charge in [-0.05, 0) is 46.2 Å². The van der Waals surface area contributed by atoms with Gasteiger partial charge in [-0.15, -0.1) is 0 Å². The van der Waals surface area contributed by atoms with Crippen molar-refractivity contribution in [2.45, 2.75) is 72.6 Å². The van der Waals surface area contributed by atoms with Gasteiger partial charge in [-0.2, -0.15) is 5.10 Å². The van der Waals surface area contributed by atoms with Gasteiger partial charge in [0, 0.05) is 31.3 Å². The summed E-state index contributed by atoms with van der Waals surface area (Å²) < 4.78 is 7.91. The van der Waals surface area contributed by atoms with Crippen molar-refractivity contribution in [1.82, 2.24) is 15.1 Å². The monoisotopic (exact) mass is 281 g/mol. The highest BCUT2D eigenvalue weighted by Crippen LogP contribution is 2.12. The highest BCUT2D eigenvalue weighted by atomic mass is 16.5. The normalized spacial score (nSPS) is 14.4. The lowest BCUT2D eigenvalue weighted by Crippen LogP contribution is -2.42. The topological polar surface area (TPSA) is 39.1 Å². The van der Waals surface area contributed by atoms with Crippen LogP contribution in [0.25, 0.3) is 0 Å². The van der Waals surface area contributed by atoms with Gasteiger partial charge in [0.15, 0.2) is 0 Å². The van der Waals surface area contributed by atoms with Gasteiger partial charge < -0.3 is 10.1 Å². The molecule has 0 aromatic carbocycles. The Labute approximate surface area is 123 Å². The number of aromatic nitrogens is 2. The van der Waals surface area contributed by atoms with Crippen LogP contribution in [0.15, 0.2) is 6.07 Å². The molecule has 0 spiro atoms. The molecule has 0 aliphatic carbocycles. The Bertz CT molecular complexity index is 376. The Hall–Kier alpha value is -0.870. The summed E-state index contributed by atoms with van der Waals surface area (Å²) in [5.74, 6) is 0. The number of hydrogen-bond acceptors (Lipinski definition) is 3. The predicted molar refractivity (Wildman–Crippen MR) is 84.2 cm³/mol. The van der Waals surface area contributed by atoms with E-state index in [2.05, 4.69) is 55.8 Å². The lowest BCUT2D eigenvalue weighted by molar-refractivity contribution is 0.0471. The second-order valence-electron chi connectivity index (χ2n) is 5.22. The molecular formula is C16H31N3O. The van der Waals surface area contributed by atoms with Crippen molar-refractivity contribution in [3.63, 3.8) is 0 Å². The van der Waals surface area contributed by atoms with Crippen molar-refractivity contribution in [2.24, 2.45) is 0 Å². The summed E-state index contributed by atoms with van der Waals surface area (Å²) in [4.78, 5) is 0. The van der Waals surface area contributed by atoms with Crippen LogP contribution in [-0.4, -0.2) is 35.1 Å². The number of ether oxygens (including phenoxy) is 1. The average molecular weight is 281 g/mol. The molecule has 0 saturated carbocycles. The SMILES string of the molecule is CCCNC(Cc1cc(CC)nn1CC)C(C)OCC. The van der Waals surface area contributed by atoms with Gasteiger partial charge >= 0.3 is 0 Å². The maximum atomic E-state index is 5.79. The summed E-state index contributed by atoms with van der Waals surface area (Å²) in [6, 6.07) is 2.59. The fraction of sp³-hybridized carbons (Fsp3) is 0.812. The molecule has 1 heterocycles. The Morgan fingerprint density at radius 1 is 1.30 bits per heavy atom. The van der Waals surface area contributed by atoms with Gasteiger partial charge in [-0.3, -0.25) is 4.68 Å². The van der Waals surface area contributed by atoms with Crippen LogP contribution in [-0.2, 0) is 24.1 Å². The second-order valence-corrected chi connectivity index (χ2v) is 5.22. The van der Waals surface area contributed by atoms with E-state index in [0.717, 1.165) is 39.0 Å². The van der Waals surface area contributed by atoms with Gasteiger partial charge in [0.2, 0.25) is 0 Å². The zero-order valence-corrected chi connectivity index (χ0v) is 13.8. The van der Waals surface area contributed by atoms with Gasteiger partial charge in [-0.25, -0.2) is 0 Å². The summed E-state index contributed by atoms with van der Waals surface area (Å²) in [5.41, 5.74) is 2.49. The average Bonchev–Trinajstić information content (AvgIpc) is 2.85. The lowest BCUT2D eigenvalue weighted by Gasteiger charge is -2.25. The molecule has 0 bridgehead atoms. The third-order valence-corrected chi connectivity index (χ3v) is 3.66. The molecule has 1 N–H and O–H groups in total. The summed E-state index contributed by atoms with van der Waals surface area (Å²) in [6.07, 6.45) is 3.33. The van der Waals surface area contributed by atoms with Crippen LogP contribution in [0.5, 0.6) is 0 Å². The van der Waals surface area contributed by atoms with E-state index in [1.165, 1.54) is 11.4 Å². The first-order valence-electron chi connectivity index (χ1n) is 8.06. The Morgan fingerprint density at radius 2 is 2.05 bits per heavy atom. The summed E-state index contributed by atoms with van der Waals surface area (Å²) in [6.45, 7) is 13.4. The van der Waals surface area contributed by atoms with Crippen molar-refractivity contribution >= 4 is 0 Å². The van der Waals surface area contributed by atoms with E-state index in [-0.39, 0.29) is 6.10 Å². The molecule has 1 rings (SSSR count). The van der Waals surface area contributed by atoms with E-state index in [4.69, 9.17) is 4.74 Å². The quantitative estimate of drug-likeness (QED) is 0.717.